The van der Waals surface area contributed by atoms with Crippen LogP contribution >= 0.6 is 12.6 Å². The first-order valence-corrected chi connectivity index (χ1v) is 7.34. The molecule has 0 bridgehead atoms. The van der Waals surface area contributed by atoms with E-state index in [1.165, 1.54) is 23.3 Å². The van der Waals surface area contributed by atoms with Crippen LogP contribution in [0.3, 0.4) is 0 Å². The fraction of sp³-hybridized carbons (Fsp3) is 0.0556. The average Bonchev–Trinajstić information content (AvgIpc) is 2.97. The SMILES string of the molecule is Cc1ccc(-c2c[nH]cc2S)cc1.N#Cc1ccc(N)c(F)c1. The minimum Gasteiger partial charge on any atom is -0.396 e. The van der Waals surface area contributed by atoms with Crippen molar-refractivity contribution in [3.63, 3.8) is 0 Å². The summed E-state index contributed by atoms with van der Waals surface area (Å²) in [7, 11) is 0. The van der Waals surface area contributed by atoms with Gasteiger partial charge < -0.3 is 10.7 Å². The number of hydrogen-bond acceptors (Lipinski definition) is 3. The monoisotopic (exact) mass is 325 g/mol. The number of aryl methyl sites for hydroxylation is 1. The molecule has 3 aromatic rings. The van der Waals surface area contributed by atoms with E-state index in [0.29, 0.717) is 0 Å². The Labute approximate surface area is 140 Å². The smallest absolute Gasteiger partial charge is 0.147 e. The van der Waals surface area contributed by atoms with Crippen molar-refractivity contribution in [3.05, 3.63) is 71.8 Å². The first kappa shape index (κ1) is 16.7. The minimum atomic E-state index is -0.543. The number of nitrogens with two attached hydrogens (primary N) is 1. The molecular formula is C18H16FN3S. The fourth-order valence-corrected chi connectivity index (χ4v) is 2.18. The van der Waals surface area contributed by atoms with E-state index in [-0.39, 0.29) is 11.3 Å². The van der Waals surface area contributed by atoms with Gasteiger partial charge in [-0.1, -0.05) is 29.8 Å². The molecule has 1 heterocycles. The Balaban J connectivity index is 0.000000174. The molecule has 0 atom stereocenters. The van der Waals surface area contributed by atoms with Crippen molar-refractivity contribution in [2.45, 2.75) is 11.8 Å². The second kappa shape index (κ2) is 7.52. The van der Waals surface area contributed by atoms with E-state index in [1.54, 1.807) is 6.07 Å². The van der Waals surface area contributed by atoms with Crippen LogP contribution in [0.15, 0.2) is 59.8 Å². The number of H-pyrrole nitrogens is 1. The molecule has 0 fully saturated rings. The highest BCUT2D eigenvalue weighted by Gasteiger charge is 2.01. The van der Waals surface area contributed by atoms with Crippen LogP contribution in [0.5, 0.6) is 0 Å². The maximum absolute atomic E-state index is 12.5. The van der Waals surface area contributed by atoms with E-state index < -0.39 is 5.82 Å². The number of nitrogen functional groups attached to an aromatic ring is 1. The summed E-state index contributed by atoms with van der Waals surface area (Å²) in [5.74, 6) is -0.543. The number of benzene rings is 2. The molecule has 23 heavy (non-hydrogen) atoms. The van der Waals surface area contributed by atoms with Crippen molar-refractivity contribution in [2.24, 2.45) is 0 Å². The predicted octanol–water partition coefficient (Wildman–Crippen LogP) is 4.56. The van der Waals surface area contributed by atoms with Crippen LogP contribution in [0.4, 0.5) is 10.1 Å². The lowest BCUT2D eigenvalue weighted by Gasteiger charge is -1.99. The van der Waals surface area contributed by atoms with Gasteiger partial charge in [0.05, 0.1) is 17.3 Å². The van der Waals surface area contributed by atoms with Crippen LogP contribution in [-0.2, 0) is 0 Å². The van der Waals surface area contributed by atoms with E-state index in [0.717, 1.165) is 16.5 Å². The van der Waals surface area contributed by atoms with Crippen LogP contribution in [0.25, 0.3) is 11.1 Å². The maximum atomic E-state index is 12.5. The zero-order chi connectivity index (χ0) is 16.8. The number of nitriles is 1. The first-order valence-electron chi connectivity index (χ1n) is 6.89. The number of halogens is 1. The van der Waals surface area contributed by atoms with Gasteiger partial charge in [0.2, 0.25) is 0 Å². The number of aromatic amines is 1. The van der Waals surface area contributed by atoms with Crippen molar-refractivity contribution in [1.82, 2.24) is 4.98 Å². The number of thiol groups is 1. The number of nitrogens with one attached hydrogen (secondary N) is 1. The third-order valence-corrected chi connectivity index (χ3v) is 3.59. The lowest BCUT2D eigenvalue weighted by atomic mass is 10.1. The molecule has 0 spiro atoms. The van der Waals surface area contributed by atoms with Gasteiger partial charge >= 0.3 is 0 Å². The number of nitrogens with zero attached hydrogens (tertiary/aromatic N) is 1. The van der Waals surface area contributed by atoms with Crippen LogP contribution in [-0.4, -0.2) is 4.98 Å². The molecule has 0 saturated carbocycles. The second-order valence-corrected chi connectivity index (χ2v) is 5.45. The summed E-state index contributed by atoms with van der Waals surface area (Å²) >= 11 is 4.36. The van der Waals surface area contributed by atoms with Crippen LogP contribution < -0.4 is 5.73 Å². The van der Waals surface area contributed by atoms with Gasteiger partial charge in [0.1, 0.15) is 5.82 Å². The minimum absolute atomic E-state index is 0.0685. The molecule has 0 aliphatic carbocycles. The van der Waals surface area contributed by atoms with E-state index in [4.69, 9.17) is 11.0 Å². The molecule has 116 valence electrons. The third-order valence-electron chi connectivity index (χ3n) is 3.22. The second-order valence-electron chi connectivity index (χ2n) is 4.97. The normalized spacial score (nSPS) is 9.65. The van der Waals surface area contributed by atoms with E-state index in [2.05, 4.69) is 48.8 Å². The Morgan fingerprint density at radius 1 is 1.13 bits per heavy atom. The van der Waals surface area contributed by atoms with Gasteiger partial charge in [-0.05, 0) is 30.7 Å². The summed E-state index contributed by atoms with van der Waals surface area (Å²) in [6.45, 7) is 2.09. The first-order chi connectivity index (χ1) is 11.0. The van der Waals surface area contributed by atoms with E-state index in [9.17, 15) is 4.39 Å². The number of hydrogen-bond donors (Lipinski definition) is 3. The molecule has 0 radical (unpaired) electrons. The Kier molecular flexibility index (Phi) is 5.45. The molecule has 0 saturated heterocycles. The lowest BCUT2D eigenvalue weighted by molar-refractivity contribution is 0.632. The van der Waals surface area contributed by atoms with Crippen molar-refractivity contribution < 1.29 is 4.39 Å². The fourth-order valence-electron chi connectivity index (χ4n) is 1.92. The lowest BCUT2D eigenvalue weighted by Crippen LogP contribution is -1.89. The molecular weight excluding hydrogens is 309 g/mol. The molecule has 3 rings (SSSR count). The Morgan fingerprint density at radius 3 is 2.35 bits per heavy atom. The summed E-state index contributed by atoms with van der Waals surface area (Å²) in [4.78, 5) is 4.02. The van der Waals surface area contributed by atoms with Gasteiger partial charge in [-0.25, -0.2) is 4.39 Å². The van der Waals surface area contributed by atoms with Gasteiger partial charge in [-0.15, -0.1) is 12.6 Å². The number of aromatic nitrogens is 1. The molecule has 0 amide bonds. The van der Waals surface area contributed by atoms with Crippen molar-refractivity contribution >= 4 is 18.3 Å². The van der Waals surface area contributed by atoms with Crippen LogP contribution in [0.1, 0.15) is 11.1 Å². The number of rotatable bonds is 1. The summed E-state index contributed by atoms with van der Waals surface area (Å²) < 4.78 is 12.5. The molecule has 0 unspecified atom stereocenters. The standard InChI is InChI=1S/C11H11NS.C7H5FN2/c1-8-2-4-9(5-3-8)10-6-12-7-11(10)13;8-6-3-5(4-9)1-2-7(6)10/h2-7,12-13H,1H3;1-3H,10H2. The van der Waals surface area contributed by atoms with E-state index >= 15 is 0 Å². The Bertz CT molecular complexity index is 832. The molecule has 5 heteroatoms. The zero-order valence-corrected chi connectivity index (χ0v) is 13.4. The van der Waals surface area contributed by atoms with Crippen molar-refractivity contribution in [1.29, 1.82) is 5.26 Å². The van der Waals surface area contributed by atoms with Crippen molar-refractivity contribution in [3.8, 4) is 17.2 Å². The average molecular weight is 325 g/mol. The van der Waals surface area contributed by atoms with Crippen LogP contribution in [0.2, 0.25) is 0 Å². The molecule has 3 nitrogen and oxygen atoms in total. The summed E-state index contributed by atoms with van der Waals surface area (Å²) in [5.41, 5.74) is 9.15. The molecule has 2 aromatic carbocycles. The van der Waals surface area contributed by atoms with Gasteiger partial charge in [-0.3, -0.25) is 0 Å². The summed E-state index contributed by atoms with van der Waals surface area (Å²) in [6, 6.07) is 14.2. The highest BCUT2D eigenvalue weighted by Crippen LogP contribution is 2.25. The maximum Gasteiger partial charge on any atom is 0.147 e. The summed E-state index contributed by atoms with van der Waals surface area (Å²) in [6.07, 6.45) is 3.85. The molecule has 0 aliphatic rings. The topological polar surface area (TPSA) is 65.6 Å². The van der Waals surface area contributed by atoms with Gasteiger partial charge in [0.15, 0.2) is 0 Å². The highest BCUT2D eigenvalue weighted by atomic mass is 32.1. The number of anilines is 1. The predicted molar refractivity (Wildman–Crippen MR) is 93.7 cm³/mol. The van der Waals surface area contributed by atoms with Gasteiger partial charge in [-0.2, -0.15) is 5.26 Å². The zero-order valence-electron chi connectivity index (χ0n) is 12.5. The van der Waals surface area contributed by atoms with Crippen LogP contribution in [0, 0.1) is 24.1 Å². The Morgan fingerprint density at radius 2 is 1.83 bits per heavy atom. The van der Waals surface area contributed by atoms with Gasteiger partial charge in [0.25, 0.3) is 0 Å². The molecule has 1 aromatic heterocycles. The summed E-state index contributed by atoms with van der Waals surface area (Å²) in [5, 5.41) is 8.30. The largest absolute Gasteiger partial charge is 0.396 e. The Hall–Kier alpha value is -2.71. The molecule has 0 aliphatic heterocycles. The van der Waals surface area contributed by atoms with Gasteiger partial charge in [0, 0.05) is 22.9 Å². The van der Waals surface area contributed by atoms with E-state index in [1.807, 2.05) is 12.4 Å². The quantitative estimate of drug-likeness (QED) is 0.453. The third kappa shape index (κ3) is 4.38. The van der Waals surface area contributed by atoms with Crippen molar-refractivity contribution in [2.75, 3.05) is 5.73 Å². The molecule has 3 N–H and O–H groups in total. The highest BCUT2D eigenvalue weighted by molar-refractivity contribution is 7.80.